The third kappa shape index (κ3) is 3.20. The third-order valence-corrected chi connectivity index (χ3v) is 5.50. The molecule has 6 heteroatoms. The number of furan rings is 2. The topological polar surface area (TPSA) is 59.0 Å². The van der Waals surface area contributed by atoms with Crippen LogP contribution in [-0.2, 0) is 0 Å². The van der Waals surface area contributed by atoms with E-state index >= 15 is 0 Å². The van der Waals surface area contributed by atoms with Crippen LogP contribution in [0.25, 0.3) is 6.08 Å². The Bertz CT molecular complexity index is 1070. The zero-order valence-corrected chi connectivity index (χ0v) is 15.6. The van der Waals surface area contributed by atoms with Gasteiger partial charge in [0, 0.05) is 11.5 Å². The van der Waals surface area contributed by atoms with Crippen LogP contribution in [-0.4, -0.2) is 16.6 Å². The van der Waals surface area contributed by atoms with E-state index in [-0.39, 0.29) is 23.7 Å². The van der Waals surface area contributed by atoms with E-state index in [0.717, 1.165) is 36.3 Å². The molecule has 1 amide bonds. The van der Waals surface area contributed by atoms with Crippen molar-refractivity contribution in [1.29, 1.82) is 0 Å². The lowest BCUT2D eigenvalue weighted by atomic mass is 9.79. The highest BCUT2D eigenvalue weighted by atomic mass is 19.1. The predicted octanol–water partition coefficient (Wildman–Crippen LogP) is 5.45. The normalized spacial score (nSPS) is 22.6. The zero-order chi connectivity index (χ0) is 19.8. The maximum Gasteiger partial charge on any atom is 0.274 e. The lowest BCUT2D eigenvalue weighted by Gasteiger charge is -2.27. The molecule has 1 fully saturated rings. The molecule has 0 spiro atoms. The number of fused-ring (bicyclic) bond motifs is 1. The summed E-state index contributed by atoms with van der Waals surface area (Å²) in [6.07, 6.45) is 8.02. The van der Waals surface area contributed by atoms with Gasteiger partial charge in [0.25, 0.3) is 5.91 Å². The number of benzene rings is 1. The average Bonchev–Trinajstić information content (AvgIpc) is 3.48. The average molecular weight is 390 g/mol. The van der Waals surface area contributed by atoms with Crippen molar-refractivity contribution in [2.45, 2.75) is 25.3 Å². The fraction of sp³-hybridized carbons (Fsp3) is 0.217. The van der Waals surface area contributed by atoms with Gasteiger partial charge in [-0.05, 0) is 79.4 Å². The summed E-state index contributed by atoms with van der Waals surface area (Å²) in [6, 6.07) is 12.7. The molecule has 0 saturated heterocycles. The number of nitrogens with zero attached hydrogens (tertiary/aromatic N) is 2. The van der Waals surface area contributed by atoms with E-state index < -0.39 is 0 Å². The maximum atomic E-state index is 13.3. The summed E-state index contributed by atoms with van der Waals surface area (Å²) in [5.74, 6) is 0.852. The molecular formula is C23H19FN2O3. The Hall–Kier alpha value is -3.41. The molecule has 1 aliphatic heterocycles. The molecule has 3 aromatic rings. The fourth-order valence-corrected chi connectivity index (χ4v) is 4.18. The Morgan fingerprint density at radius 1 is 1.10 bits per heavy atom. The van der Waals surface area contributed by atoms with Crippen LogP contribution in [0.2, 0.25) is 0 Å². The van der Waals surface area contributed by atoms with Crippen molar-refractivity contribution in [3.05, 3.63) is 89.5 Å². The van der Waals surface area contributed by atoms with Gasteiger partial charge in [0.05, 0.1) is 18.2 Å². The first-order valence-electron chi connectivity index (χ1n) is 9.66. The Labute approximate surface area is 167 Å². The van der Waals surface area contributed by atoms with E-state index in [1.165, 1.54) is 29.3 Å². The molecule has 146 valence electrons. The summed E-state index contributed by atoms with van der Waals surface area (Å²) in [5.41, 5.74) is 2.36. The Morgan fingerprint density at radius 2 is 1.90 bits per heavy atom. The highest BCUT2D eigenvalue weighted by Crippen LogP contribution is 2.45. The van der Waals surface area contributed by atoms with E-state index in [9.17, 15) is 9.18 Å². The molecule has 3 heterocycles. The second-order valence-electron chi connectivity index (χ2n) is 7.29. The molecule has 2 atom stereocenters. The second-order valence-corrected chi connectivity index (χ2v) is 7.29. The van der Waals surface area contributed by atoms with E-state index in [4.69, 9.17) is 13.9 Å². The van der Waals surface area contributed by atoms with Gasteiger partial charge in [0.2, 0.25) is 0 Å². The number of rotatable bonds is 3. The number of halogens is 1. The van der Waals surface area contributed by atoms with Crippen molar-refractivity contribution in [2.24, 2.45) is 11.0 Å². The van der Waals surface area contributed by atoms with E-state index in [2.05, 4.69) is 0 Å². The lowest BCUT2D eigenvalue weighted by molar-refractivity contribution is 0.0656. The number of carbonyl (C=O) groups excluding carboxylic acids is 1. The first-order valence-corrected chi connectivity index (χ1v) is 9.66. The molecule has 5 rings (SSSR count). The molecule has 1 saturated carbocycles. The molecule has 0 bridgehead atoms. The summed E-state index contributed by atoms with van der Waals surface area (Å²) in [6.45, 7) is 0. The van der Waals surface area contributed by atoms with Gasteiger partial charge >= 0.3 is 0 Å². The Balaban J connectivity index is 1.56. The minimum Gasteiger partial charge on any atom is -0.467 e. The first kappa shape index (κ1) is 17.7. The summed E-state index contributed by atoms with van der Waals surface area (Å²) in [4.78, 5) is 13.2. The Morgan fingerprint density at radius 3 is 2.62 bits per heavy atom. The highest BCUT2D eigenvalue weighted by molar-refractivity contribution is 6.09. The Kier molecular flexibility index (Phi) is 4.39. The van der Waals surface area contributed by atoms with Gasteiger partial charge in [0.1, 0.15) is 23.4 Å². The molecule has 29 heavy (non-hydrogen) atoms. The SMILES string of the molecule is O=C(c1ccc(F)cc1)N1N=C2/C(=C/c3ccco3)CCC[C@H]2[C@@H]1c1ccco1. The van der Waals surface area contributed by atoms with Gasteiger partial charge in [-0.25, -0.2) is 9.40 Å². The smallest absolute Gasteiger partial charge is 0.274 e. The largest absolute Gasteiger partial charge is 0.467 e. The van der Waals surface area contributed by atoms with Gasteiger partial charge < -0.3 is 8.83 Å². The minimum absolute atomic E-state index is 0.0421. The van der Waals surface area contributed by atoms with E-state index in [1.807, 2.05) is 30.3 Å². The number of hydrazone groups is 1. The monoisotopic (exact) mass is 390 g/mol. The van der Waals surface area contributed by atoms with Gasteiger partial charge in [-0.2, -0.15) is 5.10 Å². The van der Waals surface area contributed by atoms with Crippen LogP contribution in [0.5, 0.6) is 0 Å². The second kappa shape index (κ2) is 7.20. The minimum atomic E-state index is -0.380. The molecule has 5 nitrogen and oxygen atoms in total. The number of amides is 1. The van der Waals surface area contributed by atoms with Crippen molar-refractivity contribution >= 4 is 17.7 Å². The molecular weight excluding hydrogens is 371 g/mol. The van der Waals surface area contributed by atoms with Crippen LogP contribution in [0, 0.1) is 11.7 Å². The number of hydrogen-bond acceptors (Lipinski definition) is 4. The van der Waals surface area contributed by atoms with Crippen LogP contribution in [0.3, 0.4) is 0 Å². The number of hydrogen-bond donors (Lipinski definition) is 0. The molecule has 1 aliphatic carbocycles. The summed E-state index contributed by atoms with van der Waals surface area (Å²) in [5, 5.41) is 6.24. The van der Waals surface area contributed by atoms with E-state index in [1.54, 1.807) is 12.5 Å². The summed E-state index contributed by atoms with van der Waals surface area (Å²) in [7, 11) is 0. The molecule has 2 aromatic heterocycles. The molecule has 0 N–H and O–H groups in total. The van der Waals surface area contributed by atoms with Gasteiger partial charge in [-0.1, -0.05) is 0 Å². The van der Waals surface area contributed by atoms with Crippen molar-refractivity contribution < 1.29 is 18.0 Å². The molecule has 0 unspecified atom stereocenters. The van der Waals surface area contributed by atoms with Crippen LogP contribution in [0.4, 0.5) is 4.39 Å². The number of carbonyl (C=O) groups is 1. The van der Waals surface area contributed by atoms with Crippen LogP contribution >= 0.6 is 0 Å². The first-order chi connectivity index (χ1) is 14.2. The number of allylic oxidation sites excluding steroid dienone is 1. The molecule has 0 radical (unpaired) electrons. The maximum absolute atomic E-state index is 13.3. The fourth-order valence-electron chi connectivity index (χ4n) is 4.18. The van der Waals surface area contributed by atoms with Crippen molar-refractivity contribution in [1.82, 2.24) is 5.01 Å². The summed E-state index contributed by atoms with van der Waals surface area (Å²) < 4.78 is 24.5. The van der Waals surface area contributed by atoms with Crippen molar-refractivity contribution in [3.8, 4) is 0 Å². The van der Waals surface area contributed by atoms with Gasteiger partial charge in [0.15, 0.2) is 0 Å². The highest BCUT2D eigenvalue weighted by Gasteiger charge is 2.45. The van der Waals surface area contributed by atoms with Crippen molar-refractivity contribution in [2.75, 3.05) is 0 Å². The summed E-state index contributed by atoms with van der Waals surface area (Å²) >= 11 is 0. The zero-order valence-electron chi connectivity index (χ0n) is 15.6. The van der Waals surface area contributed by atoms with Crippen LogP contribution in [0.1, 0.15) is 47.2 Å². The van der Waals surface area contributed by atoms with Gasteiger partial charge in [-0.3, -0.25) is 4.79 Å². The predicted molar refractivity (Wildman–Crippen MR) is 105 cm³/mol. The lowest BCUT2D eigenvalue weighted by Crippen LogP contribution is -2.31. The quantitative estimate of drug-likeness (QED) is 0.598. The van der Waals surface area contributed by atoms with Gasteiger partial charge in [-0.15, -0.1) is 0 Å². The van der Waals surface area contributed by atoms with Crippen LogP contribution < -0.4 is 0 Å². The molecule has 2 aliphatic rings. The third-order valence-electron chi connectivity index (χ3n) is 5.50. The van der Waals surface area contributed by atoms with E-state index in [0.29, 0.717) is 11.3 Å². The van der Waals surface area contributed by atoms with Crippen molar-refractivity contribution in [3.63, 3.8) is 0 Å². The standard InChI is InChI=1S/C23H19FN2O3/c24-17-10-8-15(9-11-17)23(27)26-22(20-7-3-13-29-20)19-6-1-4-16(21(19)25-26)14-18-5-2-12-28-18/h2-3,5,7-14,19,22H,1,4,6H2/b16-14+/t19-,22-/m1/s1. The molecule has 1 aromatic carbocycles. The van der Waals surface area contributed by atoms with Crippen LogP contribution in [0.15, 0.2) is 80.6 Å².